The minimum atomic E-state index is -3.12. The second-order valence-electron chi connectivity index (χ2n) is 6.81. The molecule has 0 spiro atoms. The van der Waals surface area contributed by atoms with Gasteiger partial charge in [-0.05, 0) is 42.2 Å². The van der Waals surface area contributed by atoms with Gasteiger partial charge in [-0.25, -0.2) is 8.42 Å². The number of hydrogen-bond acceptors (Lipinski definition) is 3. The Morgan fingerprint density at radius 3 is 2.43 bits per heavy atom. The normalized spacial score (nSPS) is 30.3. The summed E-state index contributed by atoms with van der Waals surface area (Å²) < 4.78 is 25.7. The van der Waals surface area contributed by atoms with Crippen LogP contribution >= 0.6 is 0 Å². The van der Waals surface area contributed by atoms with E-state index in [9.17, 15) is 8.42 Å². The first-order chi connectivity index (χ1) is 9.99. The predicted molar refractivity (Wildman–Crippen MR) is 85.9 cm³/mol. The van der Waals surface area contributed by atoms with Gasteiger partial charge in [0.2, 0.25) is 0 Å². The van der Waals surface area contributed by atoms with Crippen molar-refractivity contribution in [1.82, 2.24) is 0 Å². The average Bonchev–Trinajstić information content (AvgIpc) is 2.95. The monoisotopic (exact) mass is 307 g/mol. The molecule has 0 amide bonds. The molecule has 3 rings (SSSR count). The summed E-state index contributed by atoms with van der Waals surface area (Å²) in [6.45, 7) is 2.11. The van der Waals surface area contributed by atoms with Crippen LogP contribution in [-0.2, 0) is 9.84 Å². The van der Waals surface area contributed by atoms with Gasteiger partial charge in [-0.2, -0.15) is 0 Å². The summed E-state index contributed by atoms with van der Waals surface area (Å²) >= 11 is 0. The Morgan fingerprint density at radius 1 is 1.14 bits per heavy atom. The van der Waals surface area contributed by atoms with Crippen molar-refractivity contribution in [3.8, 4) is 0 Å². The second-order valence-corrected chi connectivity index (χ2v) is 9.07. The van der Waals surface area contributed by atoms with Crippen molar-refractivity contribution in [2.24, 2.45) is 11.7 Å². The number of sulfone groups is 1. The Hall–Kier alpha value is -0.870. The van der Waals surface area contributed by atoms with Gasteiger partial charge in [-0.1, -0.05) is 44.0 Å². The van der Waals surface area contributed by atoms with Crippen LogP contribution in [0, 0.1) is 5.92 Å². The van der Waals surface area contributed by atoms with Gasteiger partial charge in [0.05, 0.1) is 11.0 Å². The van der Waals surface area contributed by atoms with Crippen LogP contribution in [0.2, 0.25) is 0 Å². The molecule has 0 aromatic heterocycles. The molecule has 4 heteroatoms. The molecule has 0 heterocycles. The highest BCUT2D eigenvalue weighted by molar-refractivity contribution is 7.92. The molecule has 0 radical (unpaired) electrons. The topological polar surface area (TPSA) is 60.2 Å². The van der Waals surface area contributed by atoms with Gasteiger partial charge in [0, 0.05) is 6.04 Å². The lowest BCUT2D eigenvalue weighted by Gasteiger charge is -2.35. The number of benzene rings is 1. The molecule has 1 aromatic carbocycles. The summed E-state index contributed by atoms with van der Waals surface area (Å²) in [7, 11) is -3.12. The van der Waals surface area contributed by atoms with E-state index in [-0.39, 0.29) is 12.0 Å². The molecule has 2 N–H and O–H groups in total. The van der Waals surface area contributed by atoms with Gasteiger partial charge in [0.15, 0.2) is 9.84 Å². The summed E-state index contributed by atoms with van der Waals surface area (Å²) in [6.07, 6.45) is 5.14. The van der Waals surface area contributed by atoms with Gasteiger partial charge in [-0.3, -0.25) is 0 Å². The molecular formula is C17H25NO2S. The molecule has 3 nitrogen and oxygen atoms in total. The van der Waals surface area contributed by atoms with Crippen LogP contribution < -0.4 is 5.73 Å². The SMILES string of the molecule is CC1CC(S(=O)(=O)CC2CCCC2)C(N)c2ccccc21. The molecule has 3 unspecified atom stereocenters. The predicted octanol–water partition coefficient (Wildman–Crippen LogP) is 3.17. The van der Waals surface area contributed by atoms with Crippen LogP contribution in [-0.4, -0.2) is 19.4 Å². The van der Waals surface area contributed by atoms with Crippen molar-refractivity contribution in [3.05, 3.63) is 35.4 Å². The van der Waals surface area contributed by atoms with E-state index in [1.165, 1.54) is 18.4 Å². The van der Waals surface area contributed by atoms with E-state index in [4.69, 9.17) is 5.73 Å². The van der Waals surface area contributed by atoms with E-state index >= 15 is 0 Å². The maximum atomic E-state index is 12.8. The van der Waals surface area contributed by atoms with Crippen LogP contribution in [0.3, 0.4) is 0 Å². The number of hydrogen-bond donors (Lipinski definition) is 1. The van der Waals surface area contributed by atoms with Crippen molar-refractivity contribution in [2.75, 3.05) is 5.75 Å². The average molecular weight is 307 g/mol. The fourth-order valence-corrected chi connectivity index (χ4v) is 6.50. The molecule has 21 heavy (non-hydrogen) atoms. The molecule has 0 saturated heterocycles. The Kier molecular flexibility index (Phi) is 4.10. The molecule has 2 aliphatic carbocycles. The molecule has 0 bridgehead atoms. The van der Waals surface area contributed by atoms with E-state index in [2.05, 4.69) is 13.0 Å². The van der Waals surface area contributed by atoms with E-state index < -0.39 is 15.1 Å². The van der Waals surface area contributed by atoms with Crippen molar-refractivity contribution in [2.45, 2.75) is 56.2 Å². The van der Waals surface area contributed by atoms with Crippen LogP contribution in [0.1, 0.15) is 62.1 Å². The third kappa shape index (κ3) is 2.88. The zero-order valence-corrected chi connectivity index (χ0v) is 13.5. The Balaban J connectivity index is 1.86. The Bertz CT molecular complexity index is 605. The van der Waals surface area contributed by atoms with Crippen LogP contribution in [0.5, 0.6) is 0 Å². The zero-order valence-electron chi connectivity index (χ0n) is 12.7. The quantitative estimate of drug-likeness (QED) is 0.933. The minimum absolute atomic E-state index is 0.268. The van der Waals surface area contributed by atoms with Crippen LogP contribution in [0.25, 0.3) is 0 Å². The number of nitrogens with two attached hydrogens (primary N) is 1. The fourth-order valence-electron chi connectivity index (χ4n) is 4.08. The van der Waals surface area contributed by atoms with E-state index in [1.54, 1.807) is 0 Å². The third-order valence-corrected chi connectivity index (χ3v) is 7.62. The lowest BCUT2D eigenvalue weighted by Crippen LogP contribution is -2.40. The zero-order chi connectivity index (χ0) is 15.0. The molecule has 1 aromatic rings. The highest BCUT2D eigenvalue weighted by atomic mass is 32.2. The van der Waals surface area contributed by atoms with E-state index in [1.807, 2.05) is 18.2 Å². The van der Waals surface area contributed by atoms with Crippen LogP contribution in [0.15, 0.2) is 24.3 Å². The Labute approximate surface area is 127 Å². The van der Waals surface area contributed by atoms with Crippen molar-refractivity contribution >= 4 is 9.84 Å². The molecule has 3 atom stereocenters. The maximum absolute atomic E-state index is 12.8. The van der Waals surface area contributed by atoms with E-state index in [0.717, 1.165) is 18.4 Å². The third-order valence-electron chi connectivity index (χ3n) is 5.28. The van der Waals surface area contributed by atoms with Crippen LogP contribution in [0.4, 0.5) is 0 Å². The lowest BCUT2D eigenvalue weighted by atomic mass is 9.81. The van der Waals surface area contributed by atoms with Crippen molar-refractivity contribution < 1.29 is 8.42 Å². The smallest absolute Gasteiger partial charge is 0.155 e. The molecule has 116 valence electrons. The van der Waals surface area contributed by atoms with Crippen molar-refractivity contribution in [3.63, 3.8) is 0 Å². The number of fused-ring (bicyclic) bond motifs is 1. The molecule has 1 saturated carbocycles. The van der Waals surface area contributed by atoms with Gasteiger partial charge in [0.25, 0.3) is 0 Å². The van der Waals surface area contributed by atoms with Gasteiger partial charge >= 0.3 is 0 Å². The largest absolute Gasteiger partial charge is 0.323 e. The first kappa shape index (κ1) is 15.0. The minimum Gasteiger partial charge on any atom is -0.323 e. The molecular weight excluding hydrogens is 282 g/mol. The fraction of sp³-hybridized carbons (Fsp3) is 0.647. The van der Waals surface area contributed by atoms with Gasteiger partial charge < -0.3 is 5.73 Å². The standard InChI is InChI=1S/C17H25NO2S/c1-12-10-16(17(18)15-9-5-4-8-14(12)15)21(19,20)11-13-6-2-3-7-13/h4-5,8-9,12-13,16-17H,2-3,6-7,10-11,18H2,1H3. The first-order valence-electron chi connectivity index (χ1n) is 8.05. The highest BCUT2D eigenvalue weighted by Gasteiger charge is 2.39. The summed E-state index contributed by atoms with van der Waals surface area (Å²) in [4.78, 5) is 0. The maximum Gasteiger partial charge on any atom is 0.155 e. The second kappa shape index (κ2) is 5.73. The van der Waals surface area contributed by atoms with E-state index in [0.29, 0.717) is 18.1 Å². The summed E-state index contributed by atoms with van der Waals surface area (Å²) in [5.41, 5.74) is 8.58. The van der Waals surface area contributed by atoms with Gasteiger partial charge in [-0.15, -0.1) is 0 Å². The molecule has 0 aliphatic heterocycles. The highest BCUT2D eigenvalue weighted by Crippen LogP contribution is 2.40. The lowest BCUT2D eigenvalue weighted by molar-refractivity contribution is 0.478. The Morgan fingerprint density at radius 2 is 1.76 bits per heavy atom. The summed E-state index contributed by atoms with van der Waals surface area (Å²) in [6, 6.07) is 7.67. The molecule has 2 aliphatic rings. The summed E-state index contributed by atoms with van der Waals surface area (Å²) in [5, 5.41) is -0.414. The van der Waals surface area contributed by atoms with Gasteiger partial charge in [0.1, 0.15) is 0 Å². The number of rotatable bonds is 3. The molecule has 1 fully saturated rings. The summed E-state index contributed by atoms with van der Waals surface area (Å²) in [5.74, 6) is 0.958. The first-order valence-corrected chi connectivity index (χ1v) is 9.76. The van der Waals surface area contributed by atoms with Crippen molar-refractivity contribution in [1.29, 1.82) is 0 Å².